The molecule has 4 rings (SSSR count). The third-order valence-corrected chi connectivity index (χ3v) is 5.29. The Bertz CT molecular complexity index is 1380. The third-order valence-electron chi connectivity index (χ3n) is 5.04. The lowest BCUT2D eigenvalue weighted by Crippen LogP contribution is -2.29. The van der Waals surface area contributed by atoms with Crippen LogP contribution in [0.5, 0.6) is 0 Å². The Hall–Kier alpha value is -3.39. The molecule has 9 heteroatoms. The van der Waals surface area contributed by atoms with E-state index in [4.69, 9.17) is 11.6 Å². The van der Waals surface area contributed by atoms with Crippen LogP contribution in [0.25, 0.3) is 16.7 Å². The van der Waals surface area contributed by atoms with E-state index in [9.17, 15) is 14.4 Å². The van der Waals surface area contributed by atoms with Crippen LogP contribution in [0.2, 0.25) is 5.02 Å². The normalized spacial score (nSPS) is 11.5. The van der Waals surface area contributed by atoms with E-state index >= 15 is 0 Å². The first-order valence-electron chi connectivity index (χ1n) is 10.0. The van der Waals surface area contributed by atoms with Crippen molar-refractivity contribution in [3.8, 4) is 0 Å². The van der Waals surface area contributed by atoms with Crippen molar-refractivity contribution in [3.63, 3.8) is 0 Å². The van der Waals surface area contributed by atoms with Crippen molar-refractivity contribution in [2.24, 2.45) is 5.92 Å². The Morgan fingerprint density at radius 3 is 2.52 bits per heavy atom. The molecule has 0 saturated heterocycles. The van der Waals surface area contributed by atoms with Crippen LogP contribution in [0.4, 0.5) is 5.69 Å². The molecule has 1 N–H and O–H groups in total. The number of nitrogens with one attached hydrogen (secondary N) is 1. The van der Waals surface area contributed by atoms with Crippen LogP contribution in [0, 0.1) is 5.92 Å². The maximum absolute atomic E-state index is 13.1. The molecular formula is C22H22ClN5O3. The van der Waals surface area contributed by atoms with Gasteiger partial charge in [0, 0.05) is 17.3 Å². The molecule has 0 radical (unpaired) electrons. The number of amides is 1. The van der Waals surface area contributed by atoms with Crippen molar-refractivity contribution in [3.05, 3.63) is 74.4 Å². The van der Waals surface area contributed by atoms with E-state index in [1.165, 1.54) is 8.97 Å². The van der Waals surface area contributed by atoms with E-state index in [0.717, 1.165) is 11.1 Å². The molecule has 0 saturated carbocycles. The number of aromatic nitrogens is 4. The smallest absolute Gasteiger partial charge is 0.324 e. The first kappa shape index (κ1) is 20.9. The highest BCUT2D eigenvalue weighted by Gasteiger charge is 2.18. The van der Waals surface area contributed by atoms with E-state index in [1.807, 2.05) is 0 Å². The van der Waals surface area contributed by atoms with Gasteiger partial charge in [-0.1, -0.05) is 37.6 Å². The molecule has 0 fully saturated rings. The zero-order valence-electron chi connectivity index (χ0n) is 17.2. The van der Waals surface area contributed by atoms with Crippen LogP contribution in [-0.2, 0) is 17.9 Å². The van der Waals surface area contributed by atoms with Gasteiger partial charge in [-0.2, -0.15) is 0 Å². The fraction of sp³-hybridized carbons (Fsp3) is 0.273. The second-order valence-corrected chi connectivity index (χ2v) is 8.22. The Morgan fingerprint density at radius 1 is 1.10 bits per heavy atom. The summed E-state index contributed by atoms with van der Waals surface area (Å²) in [6.45, 7) is 4.28. The van der Waals surface area contributed by atoms with Gasteiger partial charge in [0.25, 0.3) is 5.56 Å². The predicted molar refractivity (Wildman–Crippen MR) is 121 cm³/mol. The number of fused-ring (bicyclic) bond motifs is 3. The second kappa shape index (κ2) is 8.39. The molecule has 1 amide bonds. The van der Waals surface area contributed by atoms with Gasteiger partial charge in [-0.3, -0.25) is 14.2 Å². The van der Waals surface area contributed by atoms with Crippen molar-refractivity contribution in [2.45, 2.75) is 33.4 Å². The van der Waals surface area contributed by atoms with Crippen LogP contribution >= 0.6 is 11.6 Å². The molecule has 8 nitrogen and oxygen atoms in total. The van der Waals surface area contributed by atoms with Crippen molar-refractivity contribution in [1.82, 2.24) is 18.7 Å². The average Bonchev–Trinajstić information content (AvgIpc) is 3.05. The first-order chi connectivity index (χ1) is 14.8. The maximum Gasteiger partial charge on any atom is 0.352 e. The molecule has 2 aromatic carbocycles. The highest BCUT2D eigenvalue weighted by atomic mass is 35.5. The monoisotopic (exact) mass is 439 g/mol. The maximum atomic E-state index is 13.1. The van der Waals surface area contributed by atoms with Gasteiger partial charge in [0.1, 0.15) is 6.54 Å². The summed E-state index contributed by atoms with van der Waals surface area (Å²) in [5, 5.41) is 8.05. The van der Waals surface area contributed by atoms with E-state index in [2.05, 4.69) is 24.3 Å². The molecule has 0 unspecified atom stereocenters. The van der Waals surface area contributed by atoms with Gasteiger partial charge >= 0.3 is 5.69 Å². The number of hydrogen-bond donors (Lipinski definition) is 1. The van der Waals surface area contributed by atoms with Gasteiger partial charge in [-0.15, -0.1) is 5.10 Å². The lowest BCUT2D eigenvalue weighted by molar-refractivity contribution is -0.117. The number of carbonyl (C=O) groups excluding carboxylic acids is 1. The van der Waals surface area contributed by atoms with Gasteiger partial charge < -0.3 is 5.32 Å². The molecule has 31 heavy (non-hydrogen) atoms. The first-order valence-corrected chi connectivity index (χ1v) is 10.4. The van der Waals surface area contributed by atoms with Crippen molar-refractivity contribution in [2.75, 3.05) is 5.32 Å². The molecule has 0 bridgehead atoms. The van der Waals surface area contributed by atoms with Gasteiger partial charge in [0.2, 0.25) is 11.7 Å². The molecule has 0 aliphatic heterocycles. The summed E-state index contributed by atoms with van der Waals surface area (Å²) >= 11 is 5.87. The average molecular weight is 440 g/mol. The summed E-state index contributed by atoms with van der Waals surface area (Å²) in [4.78, 5) is 38.7. The summed E-state index contributed by atoms with van der Waals surface area (Å²) in [7, 11) is 0. The van der Waals surface area contributed by atoms with Crippen molar-refractivity contribution < 1.29 is 4.79 Å². The SMILES string of the molecule is CC(C)CCn1c(=O)c2ccccc2n2c(=O)n(CC(=O)Nc3ccc(Cl)cc3)nc12. The van der Waals surface area contributed by atoms with Gasteiger partial charge in [-0.05, 0) is 48.7 Å². The molecule has 0 spiro atoms. The minimum absolute atomic E-state index is 0.202. The number of halogens is 1. The highest BCUT2D eigenvalue weighted by Crippen LogP contribution is 2.14. The molecule has 0 atom stereocenters. The number of rotatable bonds is 6. The van der Waals surface area contributed by atoms with Crippen LogP contribution in [0.3, 0.4) is 0 Å². The minimum atomic E-state index is -0.476. The predicted octanol–water partition coefficient (Wildman–Crippen LogP) is 3.15. The third kappa shape index (κ3) is 4.11. The van der Waals surface area contributed by atoms with E-state index in [1.54, 1.807) is 48.5 Å². The molecule has 0 aliphatic carbocycles. The standard InChI is InChI=1S/C22H22ClN5O3/c1-14(2)11-12-26-20(30)17-5-3-4-6-18(17)28-21(26)25-27(22(28)31)13-19(29)24-16-9-7-15(23)8-10-16/h3-10,14H,11-13H2,1-2H3,(H,24,29). The van der Waals surface area contributed by atoms with Crippen molar-refractivity contribution >= 4 is 39.9 Å². The molecule has 160 valence electrons. The number of carbonyl (C=O) groups is 1. The number of anilines is 1. The molecular weight excluding hydrogens is 418 g/mol. The Balaban J connectivity index is 1.77. The Labute approximate surface area is 182 Å². The Morgan fingerprint density at radius 2 is 1.81 bits per heavy atom. The van der Waals surface area contributed by atoms with Crippen molar-refractivity contribution in [1.29, 1.82) is 0 Å². The zero-order valence-corrected chi connectivity index (χ0v) is 18.0. The summed E-state index contributed by atoms with van der Waals surface area (Å²) < 4.78 is 3.99. The highest BCUT2D eigenvalue weighted by molar-refractivity contribution is 6.30. The second-order valence-electron chi connectivity index (χ2n) is 7.79. The van der Waals surface area contributed by atoms with E-state index in [-0.39, 0.29) is 17.9 Å². The fourth-order valence-corrected chi connectivity index (χ4v) is 3.56. The topological polar surface area (TPSA) is 90.4 Å². The van der Waals surface area contributed by atoms with Crippen LogP contribution in [0.15, 0.2) is 58.1 Å². The van der Waals surface area contributed by atoms with Gasteiger partial charge in [0.05, 0.1) is 10.9 Å². The minimum Gasteiger partial charge on any atom is -0.324 e. The molecule has 4 aromatic rings. The molecule has 2 heterocycles. The number of benzene rings is 2. The largest absolute Gasteiger partial charge is 0.352 e. The van der Waals surface area contributed by atoms with Crippen LogP contribution < -0.4 is 16.6 Å². The lowest BCUT2D eigenvalue weighted by Gasteiger charge is -2.10. The fourth-order valence-electron chi connectivity index (χ4n) is 3.43. The summed E-state index contributed by atoms with van der Waals surface area (Å²) in [6.07, 6.45) is 0.756. The number of aryl methyl sites for hydroxylation is 1. The molecule has 2 aromatic heterocycles. The van der Waals surface area contributed by atoms with Gasteiger partial charge in [0.15, 0.2) is 0 Å². The number of hydrogen-bond acceptors (Lipinski definition) is 4. The molecule has 0 aliphatic rings. The quantitative estimate of drug-likeness (QED) is 0.499. The summed E-state index contributed by atoms with van der Waals surface area (Å²) in [6, 6.07) is 13.6. The number of para-hydroxylation sites is 1. The van der Waals surface area contributed by atoms with Gasteiger partial charge in [-0.25, -0.2) is 13.9 Å². The van der Waals surface area contributed by atoms with Crippen LogP contribution in [0.1, 0.15) is 20.3 Å². The van der Waals surface area contributed by atoms with Crippen LogP contribution in [-0.4, -0.2) is 24.7 Å². The zero-order chi connectivity index (χ0) is 22.1. The lowest BCUT2D eigenvalue weighted by atomic mass is 10.1. The van der Waals surface area contributed by atoms with E-state index < -0.39 is 11.6 Å². The number of nitrogens with zero attached hydrogens (tertiary/aromatic N) is 4. The summed E-state index contributed by atoms with van der Waals surface area (Å²) in [5.41, 5.74) is 0.352. The Kier molecular flexibility index (Phi) is 5.65. The summed E-state index contributed by atoms with van der Waals surface area (Å²) in [5.74, 6) is 0.194. The van der Waals surface area contributed by atoms with E-state index in [0.29, 0.717) is 34.1 Å².